The van der Waals surface area contributed by atoms with Crippen molar-refractivity contribution in [2.45, 2.75) is 32.5 Å². The molecule has 0 radical (unpaired) electrons. The number of aromatic nitrogens is 2. The van der Waals surface area contributed by atoms with Gasteiger partial charge in [-0.3, -0.25) is 9.48 Å². The van der Waals surface area contributed by atoms with Gasteiger partial charge in [-0.15, -0.1) is 0 Å². The average molecular weight is 321 g/mol. The number of benzene rings is 1. The Hall–Kier alpha value is -2.28. The lowest BCUT2D eigenvalue weighted by atomic mass is 10.0. The van der Waals surface area contributed by atoms with Gasteiger partial charge >= 0.3 is 0 Å². The number of rotatable bonds is 2. The van der Waals surface area contributed by atoms with Gasteiger partial charge in [-0.2, -0.15) is 5.10 Å². The van der Waals surface area contributed by atoms with Gasteiger partial charge in [0.05, 0.1) is 24.9 Å². The molecule has 0 spiro atoms. The third-order valence-corrected chi connectivity index (χ3v) is 4.22. The Balaban J connectivity index is 1.97. The molecular weight excluding hydrogens is 304 g/mol. The maximum atomic E-state index is 13.5. The highest BCUT2D eigenvalue weighted by Crippen LogP contribution is 2.22. The molecule has 0 saturated carbocycles. The van der Waals surface area contributed by atoms with E-state index >= 15 is 0 Å². The monoisotopic (exact) mass is 321 g/mol. The Morgan fingerprint density at radius 2 is 2.13 bits per heavy atom. The predicted molar refractivity (Wildman–Crippen MR) is 78.7 cm³/mol. The second-order valence-electron chi connectivity index (χ2n) is 5.69. The standard InChI is InChI=1S/C16H17F2N3O2/c1-10-6-14(17)15(18)7-13(10)16(23)20-8-11-2-4-19-21(11)5-3-12(20)9-22/h2,4,6-7,12,22H,3,5,8-9H2,1H3. The first-order chi connectivity index (χ1) is 11.0. The predicted octanol–water partition coefficient (Wildman–Crippen LogP) is 1.88. The van der Waals surface area contributed by atoms with E-state index < -0.39 is 23.6 Å². The molecule has 1 amide bonds. The third kappa shape index (κ3) is 2.84. The summed E-state index contributed by atoms with van der Waals surface area (Å²) >= 11 is 0. The van der Waals surface area contributed by atoms with Gasteiger partial charge in [-0.05, 0) is 37.1 Å². The number of aliphatic hydroxyl groups is 1. The van der Waals surface area contributed by atoms with Crippen molar-refractivity contribution in [1.29, 1.82) is 0 Å². The smallest absolute Gasteiger partial charge is 0.254 e. The molecule has 1 aromatic carbocycles. The molecule has 1 aliphatic rings. The third-order valence-electron chi connectivity index (χ3n) is 4.22. The molecule has 0 saturated heterocycles. The lowest BCUT2D eigenvalue weighted by Crippen LogP contribution is -2.41. The molecule has 5 nitrogen and oxygen atoms in total. The van der Waals surface area contributed by atoms with Gasteiger partial charge < -0.3 is 10.0 Å². The molecule has 2 heterocycles. The van der Waals surface area contributed by atoms with E-state index in [1.807, 2.05) is 0 Å². The summed E-state index contributed by atoms with van der Waals surface area (Å²) in [5.41, 5.74) is 1.31. The zero-order valence-electron chi connectivity index (χ0n) is 12.7. The summed E-state index contributed by atoms with van der Waals surface area (Å²) in [5.74, 6) is -2.46. The summed E-state index contributed by atoms with van der Waals surface area (Å²) in [6.45, 7) is 2.22. The minimum Gasteiger partial charge on any atom is -0.394 e. The zero-order valence-corrected chi connectivity index (χ0v) is 12.7. The van der Waals surface area contributed by atoms with E-state index in [2.05, 4.69) is 5.10 Å². The van der Waals surface area contributed by atoms with Crippen molar-refractivity contribution < 1.29 is 18.7 Å². The van der Waals surface area contributed by atoms with Crippen molar-refractivity contribution in [2.75, 3.05) is 6.61 Å². The lowest BCUT2D eigenvalue weighted by molar-refractivity contribution is 0.0566. The molecular formula is C16H17F2N3O2. The van der Waals surface area contributed by atoms with Crippen LogP contribution in [0.5, 0.6) is 0 Å². The second-order valence-corrected chi connectivity index (χ2v) is 5.69. The van der Waals surface area contributed by atoms with Crippen LogP contribution in [-0.4, -0.2) is 38.3 Å². The summed E-state index contributed by atoms with van der Waals surface area (Å²) in [7, 11) is 0. The van der Waals surface area contributed by atoms with Crippen molar-refractivity contribution in [1.82, 2.24) is 14.7 Å². The van der Waals surface area contributed by atoms with Crippen LogP contribution in [0.1, 0.15) is 28.0 Å². The van der Waals surface area contributed by atoms with Gasteiger partial charge in [0.15, 0.2) is 11.6 Å². The van der Waals surface area contributed by atoms with Crippen molar-refractivity contribution in [3.8, 4) is 0 Å². The summed E-state index contributed by atoms with van der Waals surface area (Å²) in [6.07, 6.45) is 2.19. The number of nitrogens with zero attached hydrogens (tertiary/aromatic N) is 3. The van der Waals surface area contributed by atoms with Gasteiger partial charge in [0.25, 0.3) is 5.91 Å². The average Bonchev–Trinajstić information content (AvgIpc) is 2.89. The quantitative estimate of drug-likeness (QED) is 0.919. The van der Waals surface area contributed by atoms with Crippen LogP contribution >= 0.6 is 0 Å². The highest BCUT2D eigenvalue weighted by atomic mass is 19.2. The van der Waals surface area contributed by atoms with Gasteiger partial charge in [-0.1, -0.05) is 0 Å². The number of hydrogen-bond donors (Lipinski definition) is 1. The summed E-state index contributed by atoms with van der Waals surface area (Å²) in [6, 6.07) is 3.34. The Morgan fingerprint density at radius 3 is 2.87 bits per heavy atom. The van der Waals surface area contributed by atoms with Crippen LogP contribution in [0.2, 0.25) is 0 Å². The SMILES string of the molecule is Cc1cc(F)c(F)cc1C(=O)N1Cc2ccnn2CCC1CO. The van der Waals surface area contributed by atoms with Crippen molar-refractivity contribution in [2.24, 2.45) is 0 Å². The summed E-state index contributed by atoms with van der Waals surface area (Å²) in [5, 5.41) is 13.8. The lowest BCUT2D eigenvalue weighted by Gasteiger charge is -2.29. The van der Waals surface area contributed by atoms with Crippen LogP contribution in [0.15, 0.2) is 24.4 Å². The number of aliphatic hydroxyl groups excluding tert-OH is 1. The molecule has 1 aromatic heterocycles. The van der Waals surface area contributed by atoms with E-state index in [0.29, 0.717) is 18.5 Å². The fraction of sp³-hybridized carbons (Fsp3) is 0.375. The number of fused-ring (bicyclic) bond motifs is 1. The fourth-order valence-electron chi connectivity index (χ4n) is 2.89. The molecule has 3 rings (SSSR count). The second kappa shape index (κ2) is 6.08. The molecule has 1 N–H and O–H groups in total. The van der Waals surface area contributed by atoms with Crippen LogP contribution in [-0.2, 0) is 13.1 Å². The number of carbonyl (C=O) groups excluding carboxylic acids is 1. The number of carbonyl (C=O) groups is 1. The van der Waals surface area contributed by atoms with Crippen molar-refractivity contribution in [3.63, 3.8) is 0 Å². The normalized spacial score (nSPS) is 17.7. The maximum Gasteiger partial charge on any atom is 0.254 e. The summed E-state index contributed by atoms with van der Waals surface area (Å²) < 4.78 is 28.6. The molecule has 1 unspecified atom stereocenters. The molecule has 0 bridgehead atoms. The van der Waals surface area contributed by atoms with Crippen molar-refractivity contribution >= 4 is 5.91 Å². The highest BCUT2D eigenvalue weighted by Gasteiger charge is 2.29. The summed E-state index contributed by atoms with van der Waals surface area (Å²) in [4.78, 5) is 14.3. The first-order valence-corrected chi connectivity index (χ1v) is 7.39. The molecule has 23 heavy (non-hydrogen) atoms. The largest absolute Gasteiger partial charge is 0.394 e. The molecule has 1 aliphatic heterocycles. The molecule has 7 heteroatoms. The van der Waals surface area contributed by atoms with Gasteiger partial charge in [0, 0.05) is 18.3 Å². The van der Waals surface area contributed by atoms with Gasteiger partial charge in [0.2, 0.25) is 0 Å². The molecule has 122 valence electrons. The van der Waals surface area contributed by atoms with Gasteiger partial charge in [0.1, 0.15) is 0 Å². The van der Waals surface area contributed by atoms with E-state index in [4.69, 9.17) is 0 Å². The molecule has 0 fully saturated rings. The minimum atomic E-state index is -1.06. The van der Waals surface area contributed by atoms with Crippen LogP contribution in [0, 0.1) is 18.6 Å². The first-order valence-electron chi connectivity index (χ1n) is 7.39. The van der Waals surface area contributed by atoms with E-state index in [0.717, 1.165) is 17.8 Å². The molecule has 0 aliphatic carbocycles. The van der Waals surface area contributed by atoms with Gasteiger partial charge in [-0.25, -0.2) is 8.78 Å². The Bertz CT molecular complexity index is 745. The Kier molecular flexibility index (Phi) is 4.12. The number of halogens is 2. The number of aryl methyl sites for hydroxylation is 2. The van der Waals surface area contributed by atoms with E-state index in [9.17, 15) is 18.7 Å². The Morgan fingerprint density at radius 1 is 1.39 bits per heavy atom. The number of amides is 1. The van der Waals surface area contributed by atoms with Crippen molar-refractivity contribution in [3.05, 3.63) is 52.9 Å². The van der Waals surface area contributed by atoms with E-state index in [1.54, 1.807) is 23.9 Å². The van der Waals surface area contributed by atoms with Crippen LogP contribution in [0.3, 0.4) is 0 Å². The first kappa shape index (κ1) is 15.6. The van der Waals surface area contributed by atoms with Crippen LogP contribution < -0.4 is 0 Å². The minimum absolute atomic E-state index is 0.107. The highest BCUT2D eigenvalue weighted by molar-refractivity contribution is 5.95. The Labute approximate surface area is 132 Å². The van der Waals surface area contributed by atoms with E-state index in [1.165, 1.54) is 4.90 Å². The molecule has 2 aromatic rings. The van der Waals surface area contributed by atoms with Crippen LogP contribution in [0.4, 0.5) is 8.78 Å². The fourth-order valence-corrected chi connectivity index (χ4v) is 2.89. The van der Waals surface area contributed by atoms with Crippen LogP contribution in [0.25, 0.3) is 0 Å². The maximum absolute atomic E-state index is 13.5. The topological polar surface area (TPSA) is 58.4 Å². The zero-order chi connectivity index (χ0) is 16.6. The number of hydrogen-bond acceptors (Lipinski definition) is 3. The molecule has 1 atom stereocenters. The van der Waals surface area contributed by atoms with E-state index in [-0.39, 0.29) is 18.7 Å².